The van der Waals surface area contributed by atoms with Crippen LogP contribution < -0.4 is 10.9 Å². The van der Waals surface area contributed by atoms with Gasteiger partial charge in [0.1, 0.15) is 5.69 Å². The first-order valence-corrected chi connectivity index (χ1v) is 10.7. The summed E-state index contributed by atoms with van der Waals surface area (Å²) < 4.78 is 53.8. The number of halogens is 2. The molecule has 2 aromatic rings. The predicted octanol–water partition coefficient (Wildman–Crippen LogP) is 1.44. The summed E-state index contributed by atoms with van der Waals surface area (Å²) in [5.41, 5.74) is -0.766. The molecule has 11 heteroatoms. The van der Waals surface area contributed by atoms with Crippen molar-refractivity contribution in [2.24, 2.45) is 0 Å². The van der Waals surface area contributed by atoms with Gasteiger partial charge in [0.15, 0.2) is 11.6 Å². The number of nitrogens with zero attached hydrogens (tertiary/aromatic N) is 4. The zero-order valence-electron chi connectivity index (χ0n) is 15.5. The van der Waals surface area contributed by atoms with E-state index in [4.69, 9.17) is 0 Å². The van der Waals surface area contributed by atoms with E-state index in [1.165, 1.54) is 16.8 Å². The number of aromatic nitrogens is 3. The number of aryl methyl sites for hydroxylation is 1. The lowest BCUT2D eigenvalue weighted by Crippen LogP contribution is -2.42. The van der Waals surface area contributed by atoms with Crippen molar-refractivity contribution in [2.45, 2.75) is 32.4 Å². The van der Waals surface area contributed by atoms with Crippen LogP contribution in [0.25, 0.3) is 11.3 Å². The summed E-state index contributed by atoms with van der Waals surface area (Å²) in [6.07, 6.45) is 4.61. The second kappa shape index (κ2) is 7.92. The van der Waals surface area contributed by atoms with E-state index in [1.54, 1.807) is 6.92 Å². The summed E-state index contributed by atoms with van der Waals surface area (Å²) in [4.78, 5) is 19.8. The molecule has 1 aliphatic heterocycles. The minimum absolute atomic E-state index is 0.0716. The maximum atomic E-state index is 14.2. The Labute approximate surface area is 161 Å². The molecule has 0 saturated carbocycles. The van der Waals surface area contributed by atoms with Crippen LogP contribution in [0.1, 0.15) is 19.8 Å². The van der Waals surface area contributed by atoms with Crippen LogP contribution in [0.4, 0.5) is 14.7 Å². The average molecular weight is 413 g/mol. The number of piperidine rings is 1. The fourth-order valence-corrected chi connectivity index (χ4v) is 3.99. The third-order valence-corrected chi connectivity index (χ3v) is 5.96. The van der Waals surface area contributed by atoms with Crippen LogP contribution >= 0.6 is 0 Å². The maximum Gasteiger partial charge on any atom is 0.286 e. The van der Waals surface area contributed by atoms with Crippen molar-refractivity contribution < 1.29 is 17.2 Å². The van der Waals surface area contributed by atoms with Gasteiger partial charge < -0.3 is 9.88 Å². The number of hydrogen-bond acceptors (Lipinski definition) is 6. The molecule has 28 heavy (non-hydrogen) atoms. The van der Waals surface area contributed by atoms with Gasteiger partial charge in [0.25, 0.3) is 5.56 Å². The molecular formula is C17H21F2N5O3S. The van der Waals surface area contributed by atoms with Crippen LogP contribution in [0, 0.1) is 11.6 Å². The summed E-state index contributed by atoms with van der Waals surface area (Å²) in [5, 5.41) is 3.07. The topological polar surface area (TPSA) is 97.2 Å². The zero-order valence-corrected chi connectivity index (χ0v) is 16.3. The number of rotatable bonds is 5. The number of pyridine rings is 1. The van der Waals surface area contributed by atoms with Gasteiger partial charge in [-0.05, 0) is 25.8 Å². The molecule has 0 atom stereocenters. The van der Waals surface area contributed by atoms with Gasteiger partial charge in [-0.2, -0.15) is 0 Å². The molecular weight excluding hydrogens is 392 g/mol. The highest BCUT2D eigenvalue weighted by atomic mass is 32.2. The number of nitrogens with one attached hydrogen (secondary N) is 1. The lowest BCUT2D eigenvalue weighted by Gasteiger charge is -2.30. The van der Waals surface area contributed by atoms with E-state index in [9.17, 15) is 22.0 Å². The normalized spacial score (nSPS) is 16.3. The van der Waals surface area contributed by atoms with Crippen molar-refractivity contribution in [3.8, 4) is 11.3 Å². The largest absolute Gasteiger partial charge is 0.351 e. The highest BCUT2D eigenvalue weighted by molar-refractivity contribution is 7.88. The smallest absolute Gasteiger partial charge is 0.286 e. The highest BCUT2D eigenvalue weighted by Gasteiger charge is 2.25. The Hall–Kier alpha value is -2.40. The van der Waals surface area contributed by atoms with E-state index in [-0.39, 0.29) is 29.8 Å². The Balaban J connectivity index is 1.81. The zero-order chi connectivity index (χ0) is 20.5. The van der Waals surface area contributed by atoms with Crippen LogP contribution in [-0.4, -0.2) is 52.6 Å². The van der Waals surface area contributed by atoms with Gasteiger partial charge >= 0.3 is 0 Å². The Bertz CT molecular complexity index is 1030. The molecule has 2 aromatic heterocycles. The van der Waals surface area contributed by atoms with E-state index in [0.717, 1.165) is 16.8 Å². The Morgan fingerprint density at radius 3 is 2.54 bits per heavy atom. The van der Waals surface area contributed by atoms with Crippen molar-refractivity contribution in [3.05, 3.63) is 40.4 Å². The molecule has 1 N–H and O–H groups in total. The van der Waals surface area contributed by atoms with E-state index < -0.39 is 27.2 Å². The third-order valence-electron chi connectivity index (χ3n) is 4.66. The molecule has 8 nitrogen and oxygen atoms in total. The van der Waals surface area contributed by atoms with Crippen molar-refractivity contribution in [3.63, 3.8) is 0 Å². The number of hydrogen-bond donors (Lipinski definition) is 1. The van der Waals surface area contributed by atoms with Crippen LogP contribution in [0.15, 0.2) is 23.3 Å². The van der Waals surface area contributed by atoms with Gasteiger partial charge in [0.2, 0.25) is 16.0 Å². The molecule has 3 rings (SSSR count). The van der Waals surface area contributed by atoms with E-state index in [1.807, 2.05) is 0 Å². The molecule has 0 aromatic carbocycles. The molecule has 0 unspecified atom stereocenters. The second-order valence-corrected chi connectivity index (χ2v) is 8.62. The van der Waals surface area contributed by atoms with Crippen LogP contribution in [-0.2, 0) is 16.6 Å². The lowest BCUT2D eigenvalue weighted by molar-refractivity contribution is 0.331. The molecule has 0 radical (unpaired) electrons. The third kappa shape index (κ3) is 4.36. The predicted molar refractivity (Wildman–Crippen MR) is 100 cm³/mol. The first-order chi connectivity index (χ1) is 13.2. The summed E-state index contributed by atoms with van der Waals surface area (Å²) in [6.45, 7) is 2.66. The number of anilines is 1. The second-order valence-electron chi connectivity index (χ2n) is 6.64. The quantitative estimate of drug-likeness (QED) is 0.797. The molecule has 1 saturated heterocycles. The SMILES string of the molecule is CCn1cc(-c2nc(NC3CCN(S(C)(=O)=O)CC3)ncc2F)cc(F)c1=O. The van der Waals surface area contributed by atoms with Gasteiger partial charge in [-0.3, -0.25) is 4.79 Å². The van der Waals surface area contributed by atoms with Crippen LogP contribution in [0.2, 0.25) is 0 Å². The van der Waals surface area contributed by atoms with Gasteiger partial charge in [-0.25, -0.2) is 31.5 Å². The van der Waals surface area contributed by atoms with Crippen LogP contribution in [0.5, 0.6) is 0 Å². The molecule has 152 valence electrons. The summed E-state index contributed by atoms with van der Waals surface area (Å²) in [6, 6.07) is 0.881. The lowest BCUT2D eigenvalue weighted by atomic mass is 10.1. The minimum Gasteiger partial charge on any atom is -0.351 e. The van der Waals surface area contributed by atoms with Crippen LogP contribution in [0.3, 0.4) is 0 Å². The Kier molecular flexibility index (Phi) is 5.75. The summed E-state index contributed by atoms with van der Waals surface area (Å²) in [7, 11) is -3.22. The minimum atomic E-state index is -3.22. The molecule has 3 heterocycles. The standard InChI is InChI=1S/C17H21F2N5O3S/c1-3-23-10-11(8-13(18)16(23)25)15-14(19)9-20-17(22-15)21-12-4-6-24(7-5-12)28(2,26)27/h8-10,12H,3-7H2,1-2H3,(H,20,21,22). The monoisotopic (exact) mass is 413 g/mol. The average Bonchev–Trinajstić information content (AvgIpc) is 2.65. The van der Waals surface area contributed by atoms with Gasteiger partial charge in [-0.15, -0.1) is 0 Å². The van der Waals surface area contributed by atoms with Crippen molar-refractivity contribution in [1.29, 1.82) is 0 Å². The molecule has 0 amide bonds. The van der Waals surface area contributed by atoms with Crippen molar-refractivity contribution in [2.75, 3.05) is 24.7 Å². The number of sulfonamides is 1. The fraction of sp³-hybridized carbons (Fsp3) is 0.471. The Morgan fingerprint density at radius 1 is 1.25 bits per heavy atom. The van der Waals surface area contributed by atoms with Crippen molar-refractivity contribution >= 4 is 16.0 Å². The van der Waals surface area contributed by atoms with Gasteiger partial charge in [0.05, 0.1) is 12.5 Å². The summed E-state index contributed by atoms with van der Waals surface area (Å²) >= 11 is 0. The Morgan fingerprint density at radius 2 is 1.93 bits per heavy atom. The van der Waals surface area contributed by atoms with E-state index >= 15 is 0 Å². The first kappa shape index (κ1) is 20.3. The molecule has 1 fully saturated rings. The molecule has 1 aliphatic rings. The first-order valence-electron chi connectivity index (χ1n) is 8.83. The molecule has 0 aliphatic carbocycles. The van der Waals surface area contributed by atoms with Gasteiger partial charge in [0, 0.05) is 37.4 Å². The fourth-order valence-electron chi connectivity index (χ4n) is 3.12. The van der Waals surface area contributed by atoms with Crippen molar-refractivity contribution in [1.82, 2.24) is 18.8 Å². The molecule has 0 spiro atoms. The van der Waals surface area contributed by atoms with Gasteiger partial charge in [-0.1, -0.05) is 0 Å². The van der Waals surface area contributed by atoms with E-state index in [0.29, 0.717) is 25.9 Å². The summed E-state index contributed by atoms with van der Waals surface area (Å²) in [5.74, 6) is -1.57. The maximum absolute atomic E-state index is 14.2. The highest BCUT2D eigenvalue weighted by Crippen LogP contribution is 2.22. The van der Waals surface area contributed by atoms with E-state index in [2.05, 4.69) is 15.3 Å². The molecule has 0 bridgehead atoms.